The maximum atomic E-state index is 14.3. The lowest BCUT2D eigenvalue weighted by atomic mass is 10.1. The van der Waals surface area contributed by atoms with Crippen molar-refractivity contribution < 1.29 is 9.13 Å². The maximum absolute atomic E-state index is 14.3. The maximum Gasteiger partial charge on any atom is 0.142 e. The first kappa shape index (κ1) is 22.0. The molecule has 1 aromatic carbocycles. The van der Waals surface area contributed by atoms with Gasteiger partial charge in [-0.3, -0.25) is 4.98 Å². The van der Waals surface area contributed by atoms with Crippen molar-refractivity contribution in [1.29, 1.82) is 0 Å². The molecule has 6 nitrogen and oxygen atoms in total. The molecule has 0 spiro atoms. The van der Waals surface area contributed by atoms with Crippen LogP contribution in [0, 0.1) is 0 Å². The van der Waals surface area contributed by atoms with Gasteiger partial charge >= 0.3 is 0 Å². The van der Waals surface area contributed by atoms with Crippen molar-refractivity contribution in [3.63, 3.8) is 0 Å². The number of methoxy groups -OCH3 is 1. The van der Waals surface area contributed by atoms with E-state index in [1.807, 2.05) is 12.1 Å². The molecule has 1 atom stereocenters. The summed E-state index contributed by atoms with van der Waals surface area (Å²) in [5, 5.41) is 8.66. The Bertz CT molecular complexity index is 974. The zero-order valence-electron chi connectivity index (χ0n) is 17.8. The predicted molar refractivity (Wildman–Crippen MR) is 127 cm³/mol. The van der Waals surface area contributed by atoms with Gasteiger partial charge in [-0.1, -0.05) is 22.0 Å². The molecule has 4 rings (SSSR count). The Kier molecular flexibility index (Phi) is 7.40. The van der Waals surface area contributed by atoms with Gasteiger partial charge < -0.3 is 25.3 Å². The minimum absolute atomic E-state index is 0.00216. The van der Waals surface area contributed by atoms with E-state index in [9.17, 15) is 4.39 Å². The lowest BCUT2D eigenvalue weighted by Gasteiger charge is -2.23. The Morgan fingerprint density at radius 3 is 2.87 bits per heavy atom. The van der Waals surface area contributed by atoms with Gasteiger partial charge in [-0.2, -0.15) is 0 Å². The van der Waals surface area contributed by atoms with Crippen LogP contribution in [-0.2, 0) is 0 Å². The van der Waals surface area contributed by atoms with Crippen LogP contribution in [0.3, 0.4) is 0 Å². The molecule has 0 radical (unpaired) electrons. The van der Waals surface area contributed by atoms with E-state index in [4.69, 9.17) is 4.74 Å². The number of likely N-dealkylation sites (tertiary alicyclic amines) is 1. The summed E-state index contributed by atoms with van der Waals surface area (Å²) in [4.78, 5) is 11.2. The quantitative estimate of drug-likeness (QED) is 0.355. The van der Waals surface area contributed by atoms with Crippen LogP contribution in [0.25, 0.3) is 16.2 Å². The molecule has 1 saturated heterocycles. The predicted octanol–water partition coefficient (Wildman–Crippen LogP) is 5.84. The van der Waals surface area contributed by atoms with Crippen molar-refractivity contribution in [2.24, 2.45) is 0 Å². The monoisotopic (exact) mass is 488 g/mol. The van der Waals surface area contributed by atoms with Gasteiger partial charge in [-0.05, 0) is 81.5 Å². The topological polar surface area (TPSA) is 64.4 Å². The highest BCUT2D eigenvalue weighted by Gasteiger charge is 2.13. The molecule has 31 heavy (non-hydrogen) atoms. The van der Waals surface area contributed by atoms with E-state index in [2.05, 4.69) is 41.4 Å². The summed E-state index contributed by atoms with van der Waals surface area (Å²) in [6.45, 7) is 4.53. The molecule has 0 amide bonds. The summed E-state index contributed by atoms with van der Waals surface area (Å²) in [6.07, 6.45) is 10.4. The summed E-state index contributed by atoms with van der Waals surface area (Å²) in [5.41, 5.74) is 1.94. The molecule has 2 aliphatic rings. The van der Waals surface area contributed by atoms with Gasteiger partial charge in [0, 0.05) is 23.1 Å². The average Bonchev–Trinajstić information content (AvgIpc) is 3.28. The smallest absolute Gasteiger partial charge is 0.142 e. The number of hydrogen-bond donors (Lipinski definition) is 1. The summed E-state index contributed by atoms with van der Waals surface area (Å²) >= 11 is 3.40. The molecule has 166 valence electrons. The Labute approximate surface area is 191 Å². The number of nitrogens with zero attached hydrogens (tertiary/aromatic N) is 4. The van der Waals surface area contributed by atoms with Crippen molar-refractivity contribution in [2.45, 2.75) is 36.9 Å². The zero-order chi connectivity index (χ0) is 21.6. The molecule has 1 N–H and O–H groups in total. The van der Waals surface area contributed by atoms with Crippen molar-refractivity contribution in [3.8, 4) is 5.75 Å². The van der Waals surface area contributed by atoms with Crippen LogP contribution < -0.4 is 10.1 Å². The number of ether oxygens (including phenoxy) is 1. The third-order valence-corrected chi connectivity index (χ3v) is 6.32. The number of anilines is 1. The van der Waals surface area contributed by atoms with Crippen molar-refractivity contribution in [2.75, 3.05) is 38.6 Å². The average molecular weight is 489 g/mol. The molecule has 0 saturated carbocycles. The van der Waals surface area contributed by atoms with E-state index in [1.54, 1.807) is 13.2 Å². The van der Waals surface area contributed by atoms with Crippen LogP contribution in [-0.4, -0.2) is 53.0 Å². The van der Waals surface area contributed by atoms with Crippen LogP contribution in [0.2, 0.25) is 0 Å². The van der Waals surface area contributed by atoms with E-state index in [0.29, 0.717) is 23.7 Å². The lowest BCUT2D eigenvalue weighted by molar-refractivity contribution is 0.331. The van der Waals surface area contributed by atoms with Gasteiger partial charge in [-0.15, -0.1) is 0 Å². The van der Waals surface area contributed by atoms with E-state index >= 15 is 0 Å². The molecular formula is C23H28BrFN5O-. The standard InChI is InChI=1S/C23H28BrFN5O/c1-31-22-13-17-20(14-21(22)26-8-2-3-9-30-10-4-5-11-30)27-15-28-23(17)29-19-7-6-16(24)12-18(19)25/h7,12-16,26H,2-6,8-11H2,1H3/q-1. The number of aromatic nitrogens is 2. The van der Waals surface area contributed by atoms with E-state index in [1.165, 1.54) is 51.3 Å². The molecule has 8 heteroatoms. The van der Waals surface area contributed by atoms with Gasteiger partial charge in [0.15, 0.2) is 0 Å². The zero-order valence-corrected chi connectivity index (χ0v) is 19.4. The second-order valence-corrected chi connectivity index (χ2v) is 9.09. The first-order valence-corrected chi connectivity index (χ1v) is 11.8. The summed E-state index contributed by atoms with van der Waals surface area (Å²) in [5.74, 6) is 0.787. The number of unbranched alkanes of at least 4 members (excludes halogenated alkanes) is 1. The van der Waals surface area contributed by atoms with E-state index in [-0.39, 0.29) is 10.7 Å². The molecule has 1 aliphatic heterocycles. The molecule has 1 aromatic heterocycles. The molecule has 2 aromatic rings. The fourth-order valence-electron chi connectivity index (χ4n) is 4.00. The number of hydrogen-bond acceptors (Lipinski definition) is 5. The van der Waals surface area contributed by atoms with Crippen molar-refractivity contribution in [1.82, 2.24) is 14.9 Å². The first-order valence-electron chi connectivity index (χ1n) is 10.9. The van der Waals surface area contributed by atoms with Crippen molar-refractivity contribution in [3.05, 3.63) is 47.5 Å². The highest BCUT2D eigenvalue weighted by atomic mass is 79.9. The Balaban J connectivity index is 1.44. The minimum Gasteiger partial charge on any atom is -0.495 e. The molecule has 1 fully saturated rings. The van der Waals surface area contributed by atoms with Crippen LogP contribution in [0.15, 0.2) is 42.1 Å². The number of fused-ring (bicyclic) bond motifs is 1. The van der Waals surface area contributed by atoms with Crippen LogP contribution in [0.4, 0.5) is 15.9 Å². The molecular weight excluding hydrogens is 461 g/mol. The number of benzene rings is 1. The fourth-order valence-corrected chi connectivity index (χ4v) is 4.42. The number of halogens is 2. The van der Waals surface area contributed by atoms with Crippen LogP contribution in [0.5, 0.6) is 5.75 Å². The second kappa shape index (κ2) is 10.4. The van der Waals surface area contributed by atoms with E-state index < -0.39 is 0 Å². The third kappa shape index (κ3) is 5.54. The molecule has 1 aliphatic carbocycles. The summed E-state index contributed by atoms with van der Waals surface area (Å²) < 4.78 is 19.9. The largest absolute Gasteiger partial charge is 0.495 e. The third-order valence-electron chi connectivity index (χ3n) is 5.69. The second-order valence-electron chi connectivity index (χ2n) is 7.92. The molecule has 2 heterocycles. The SMILES string of the molecule is COc1cc2c([N-]C3=CCC(Br)C=C3F)ncnc2cc1NCCCCN1CCCC1. The first-order chi connectivity index (χ1) is 15.1. The Morgan fingerprint density at radius 1 is 1.26 bits per heavy atom. The van der Waals surface area contributed by atoms with Gasteiger partial charge in [-0.25, -0.2) is 4.39 Å². The van der Waals surface area contributed by atoms with Gasteiger partial charge in [0.1, 0.15) is 11.6 Å². The van der Waals surface area contributed by atoms with Gasteiger partial charge in [0.2, 0.25) is 0 Å². The molecule has 1 unspecified atom stereocenters. The fraction of sp³-hybridized carbons (Fsp3) is 0.478. The van der Waals surface area contributed by atoms with Crippen LogP contribution >= 0.6 is 15.9 Å². The number of rotatable bonds is 9. The summed E-state index contributed by atoms with van der Waals surface area (Å²) in [6, 6.07) is 3.82. The number of alkyl halides is 1. The number of nitrogens with one attached hydrogen (secondary N) is 1. The summed E-state index contributed by atoms with van der Waals surface area (Å²) in [7, 11) is 1.64. The van der Waals surface area contributed by atoms with E-state index in [0.717, 1.165) is 29.6 Å². The van der Waals surface area contributed by atoms with Crippen molar-refractivity contribution >= 4 is 38.3 Å². The highest BCUT2D eigenvalue weighted by Crippen LogP contribution is 2.38. The minimum atomic E-state index is -0.348. The Morgan fingerprint density at radius 2 is 2.10 bits per heavy atom. The van der Waals surface area contributed by atoms with Gasteiger partial charge in [0.25, 0.3) is 0 Å². The number of allylic oxidation sites excluding steroid dienone is 3. The lowest BCUT2D eigenvalue weighted by Crippen LogP contribution is -2.20. The highest BCUT2D eigenvalue weighted by molar-refractivity contribution is 9.09. The normalized spacial score (nSPS) is 19.3. The van der Waals surface area contributed by atoms with Crippen LogP contribution in [0.1, 0.15) is 32.1 Å². The Hall–Kier alpha value is -2.19. The van der Waals surface area contributed by atoms with Gasteiger partial charge in [0.05, 0.1) is 18.3 Å². The molecule has 0 bridgehead atoms.